The molecule has 0 fully saturated rings. The van der Waals surface area contributed by atoms with Gasteiger partial charge in [-0.05, 0) is 36.4 Å². The van der Waals surface area contributed by atoms with Crippen LogP contribution in [-0.4, -0.2) is 25.0 Å². The Morgan fingerprint density at radius 3 is 2.73 bits per heavy atom. The number of fused-ring (bicyclic) bond motifs is 1. The van der Waals surface area contributed by atoms with Crippen molar-refractivity contribution in [1.82, 2.24) is 19.1 Å². The molecule has 0 saturated carbocycles. The maximum Gasteiger partial charge on any atom is 0.331 e. The number of benzene rings is 2. The topological polar surface area (TPSA) is 102 Å². The molecule has 2 N–H and O–H groups in total. The SMILES string of the molecule is Cn1c(=O)ccn(CC(=O)Nc2ccc3nc(-c4cc(F)ccc4F)[nH]c3c2)c1=O. The first-order valence-electron chi connectivity index (χ1n) is 8.83. The van der Waals surface area contributed by atoms with Crippen LogP contribution in [0.15, 0.2) is 58.3 Å². The van der Waals surface area contributed by atoms with Crippen LogP contribution in [0.1, 0.15) is 0 Å². The first-order chi connectivity index (χ1) is 14.3. The van der Waals surface area contributed by atoms with E-state index in [9.17, 15) is 23.2 Å². The molecule has 2 aromatic heterocycles. The maximum absolute atomic E-state index is 14.0. The number of aromatic amines is 1. The summed E-state index contributed by atoms with van der Waals surface area (Å²) in [4.78, 5) is 42.9. The van der Waals surface area contributed by atoms with E-state index >= 15 is 0 Å². The Labute approximate surface area is 167 Å². The molecule has 4 rings (SSSR count). The van der Waals surface area contributed by atoms with Crippen molar-refractivity contribution in [1.29, 1.82) is 0 Å². The van der Waals surface area contributed by atoms with Crippen molar-refractivity contribution in [3.05, 3.63) is 81.1 Å². The van der Waals surface area contributed by atoms with E-state index in [1.54, 1.807) is 18.2 Å². The van der Waals surface area contributed by atoms with E-state index in [1.165, 1.54) is 19.3 Å². The van der Waals surface area contributed by atoms with Crippen molar-refractivity contribution in [2.24, 2.45) is 7.05 Å². The van der Waals surface area contributed by atoms with E-state index in [2.05, 4.69) is 15.3 Å². The summed E-state index contributed by atoms with van der Waals surface area (Å²) in [6, 6.07) is 9.07. The number of nitrogens with zero attached hydrogens (tertiary/aromatic N) is 3. The van der Waals surface area contributed by atoms with Gasteiger partial charge in [0.15, 0.2) is 0 Å². The molecule has 8 nitrogen and oxygen atoms in total. The van der Waals surface area contributed by atoms with Gasteiger partial charge >= 0.3 is 5.69 Å². The molecule has 30 heavy (non-hydrogen) atoms. The highest BCUT2D eigenvalue weighted by Gasteiger charge is 2.13. The number of rotatable bonds is 4. The molecule has 4 aromatic rings. The Hall–Kier alpha value is -4.08. The molecule has 0 bridgehead atoms. The average molecular weight is 411 g/mol. The molecule has 1 amide bonds. The standard InChI is InChI=1S/C20H15F2N5O3/c1-26-18(29)6-7-27(20(26)30)10-17(28)23-12-3-5-15-16(9-12)25-19(24-15)13-8-11(21)2-4-14(13)22/h2-9H,10H2,1H3,(H,23,28)(H,24,25). The lowest BCUT2D eigenvalue weighted by Crippen LogP contribution is -2.38. The van der Waals surface area contributed by atoms with Crippen LogP contribution in [0.2, 0.25) is 0 Å². The summed E-state index contributed by atoms with van der Waals surface area (Å²) >= 11 is 0. The van der Waals surface area contributed by atoms with Gasteiger partial charge in [-0.25, -0.2) is 18.6 Å². The van der Waals surface area contributed by atoms with Crippen molar-refractivity contribution >= 4 is 22.6 Å². The summed E-state index contributed by atoms with van der Waals surface area (Å²) < 4.78 is 29.5. The summed E-state index contributed by atoms with van der Waals surface area (Å²) in [5.41, 5.74) is 0.341. The lowest BCUT2D eigenvalue weighted by atomic mass is 10.2. The highest BCUT2D eigenvalue weighted by atomic mass is 19.1. The van der Waals surface area contributed by atoms with Crippen LogP contribution in [-0.2, 0) is 18.4 Å². The van der Waals surface area contributed by atoms with Crippen molar-refractivity contribution in [3.63, 3.8) is 0 Å². The molecule has 152 valence electrons. The fourth-order valence-corrected chi connectivity index (χ4v) is 2.99. The molecule has 0 unspecified atom stereocenters. The largest absolute Gasteiger partial charge is 0.338 e. The first kappa shape index (κ1) is 19.2. The molecule has 0 aliphatic rings. The van der Waals surface area contributed by atoms with Gasteiger partial charge in [0.2, 0.25) is 5.91 Å². The summed E-state index contributed by atoms with van der Waals surface area (Å²) in [7, 11) is 1.32. The minimum atomic E-state index is -0.619. The molecule has 0 atom stereocenters. The van der Waals surface area contributed by atoms with E-state index in [-0.39, 0.29) is 17.9 Å². The van der Waals surface area contributed by atoms with Gasteiger partial charge in [-0.15, -0.1) is 0 Å². The number of halogens is 2. The smallest absolute Gasteiger partial charge is 0.331 e. The molecule has 2 aromatic carbocycles. The molecule has 0 radical (unpaired) electrons. The van der Waals surface area contributed by atoms with Gasteiger partial charge in [-0.1, -0.05) is 0 Å². The summed E-state index contributed by atoms with van der Waals surface area (Å²) in [5, 5.41) is 2.65. The zero-order chi connectivity index (χ0) is 21.4. The minimum Gasteiger partial charge on any atom is -0.338 e. The number of hydrogen-bond donors (Lipinski definition) is 2. The molecule has 0 aliphatic carbocycles. The minimum absolute atomic E-state index is 0.00847. The van der Waals surface area contributed by atoms with Gasteiger partial charge in [-0.3, -0.25) is 18.7 Å². The summed E-state index contributed by atoms with van der Waals surface area (Å²) in [6.07, 6.45) is 1.25. The number of carbonyl (C=O) groups excluding carboxylic acids is 1. The third-order valence-electron chi connectivity index (χ3n) is 4.52. The van der Waals surface area contributed by atoms with E-state index < -0.39 is 28.8 Å². The Kier molecular flexibility index (Phi) is 4.74. The number of hydrogen-bond acceptors (Lipinski definition) is 4. The molecule has 2 heterocycles. The van der Waals surface area contributed by atoms with Gasteiger partial charge in [-0.2, -0.15) is 0 Å². The zero-order valence-corrected chi connectivity index (χ0v) is 15.6. The van der Waals surface area contributed by atoms with Crippen LogP contribution in [0.25, 0.3) is 22.4 Å². The number of aromatic nitrogens is 4. The van der Waals surface area contributed by atoms with E-state index in [1.807, 2.05) is 0 Å². The summed E-state index contributed by atoms with van der Waals surface area (Å²) in [6.45, 7) is -0.284. The third kappa shape index (κ3) is 3.62. The fraction of sp³-hybridized carbons (Fsp3) is 0.100. The van der Waals surface area contributed by atoms with E-state index in [4.69, 9.17) is 0 Å². The van der Waals surface area contributed by atoms with E-state index in [0.717, 1.165) is 27.3 Å². The second-order valence-electron chi connectivity index (χ2n) is 6.61. The van der Waals surface area contributed by atoms with Crippen molar-refractivity contribution in [2.75, 3.05) is 5.32 Å². The van der Waals surface area contributed by atoms with Gasteiger partial charge in [0.1, 0.15) is 24.0 Å². The lowest BCUT2D eigenvalue weighted by molar-refractivity contribution is -0.116. The Balaban J connectivity index is 1.57. The number of nitrogens with one attached hydrogen (secondary N) is 2. The monoisotopic (exact) mass is 411 g/mol. The molecule has 0 saturated heterocycles. The predicted octanol–water partition coefficient (Wildman–Crippen LogP) is 2.01. The number of anilines is 1. The van der Waals surface area contributed by atoms with Crippen LogP contribution >= 0.6 is 0 Å². The first-order valence-corrected chi connectivity index (χ1v) is 8.83. The average Bonchev–Trinajstić information content (AvgIpc) is 3.13. The predicted molar refractivity (Wildman–Crippen MR) is 106 cm³/mol. The van der Waals surface area contributed by atoms with Crippen molar-refractivity contribution < 1.29 is 13.6 Å². The van der Waals surface area contributed by atoms with Gasteiger partial charge in [0.05, 0.1) is 16.6 Å². The van der Waals surface area contributed by atoms with Crippen LogP contribution < -0.4 is 16.6 Å². The molecular weight excluding hydrogens is 396 g/mol. The van der Waals surface area contributed by atoms with Crippen molar-refractivity contribution in [3.8, 4) is 11.4 Å². The van der Waals surface area contributed by atoms with Gasteiger partial charge in [0, 0.05) is 25.0 Å². The number of amides is 1. The highest BCUT2D eigenvalue weighted by molar-refractivity contribution is 5.93. The molecule has 0 aliphatic heterocycles. The van der Waals surface area contributed by atoms with Gasteiger partial charge in [0.25, 0.3) is 5.56 Å². The second-order valence-corrected chi connectivity index (χ2v) is 6.61. The molecule has 10 heteroatoms. The van der Waals surface area contributed by atoms with Crippen molar-refractivity contribution in [2.45, 2.75) is 6.54 Å². The summed E-state index contributed by atoms with van der Waals surface area (Å²) in [5.74, 6) is -1.53. The number of H-pyrrole nitrogens is 1. The molecule has 0 spiro atoms. The number of imidazole rings is 1. The Bertz CT molecular complexity index is 1400. The lowest BCUT2D eigenvalue weighted by Gasteiger charge is -2.08. The number of carbonyl (C=O) groups is 1. The highest BCUT2D eigenvalue weighted by Crippen LogP contribution is 2.25. The normalized spacial score (nSPS) is 11.0. The van der Waals surface area contributed by atoms with Crippen LogP contribution in [0.4, 0.5) is 14.5 Å². The van der Waals surface area contributed by atoms with E-state index in [0.29, 0.717) is 16.7 Å². The maximum atomic E-state index is 14.0. The molecular formula is C20H15F2N5O3. The van der Waals surface area contributed by atoms with Crippen LogP contribution in [0, 0.1) is 11.6 Å². The van der Waals surface area contributed by atoms with Crippen LogP contribution in [0.5, 0.6) is 0 Å². The quantitative estimate of drug-likeness (QED) is 0.536. The fourth-order valence-electron chi connectivity index (χ4n) is 2.99. The zero-order valence-electron chi connectivity index (χ0n) is 15.6. The van der Waals surface area contributed by atoms with Crippen LogP contribution in [0.3, 0.4) is 0 Å². The Morgan fingerprint density at radius 2 is 1.93 bits per heavy atom. The van der Waals surface area contributed by atoms with Gasteiger partial charge < -0.3 is 10.3 Å². The third-order valence-corrected chi connectivity index (χ3v) is 4.52. The Morgan fingerprint density at radius 1 is 1.13 bits per heavy atom. The second kappa shape index (κ2) is 7.39.